The van der Waals surface area contributed by atoms with Crippen LogP contribution < -0.4 is 5.32 Å². The molecule has 1 unspecified atom stereocenters. The van der Waals surface area contributed by atoms with Crippen LogP contribution in [0.5, 0.6) is 0 Å². The molecule has 0 saturated heterocycles. The third-order valence-electron chi connectivity index (χ3n) is 13.1. The van der Waals surface area contributed by atoms with E-state index in [2.05, 4.69) is 215 Å². The van der Waals surface area contributed by atoms with Crippen molar-refractivity contribution in [3.05, 3.63) is 211 Å². The van der Waals surface area contributed by atoms with E-state index in [0.29, 0.717) is 5.84 Å². The molecule has 1 aliphatic heterocycles. The minimum Gasteiger partial charge on any atom is -0.455 e. The highest BCUT2D eigenvalue weighted by molar-refractivity contribution is 6.22. The van der Waals surface area contributed by atoms with E-state index < -0.39 is 6.29 Å². The number of amidine groups is 2. The van der Waals surface area contributed by atoms with Gasteiger partial charge >= 0.3 is 0 Å². The Labute approximate surface area is 360 Å². The lowest BCUT2D eigenvalue weighted by Crippen LogP contribution is -2.36. The fourth-order valence-electron chi connectivity index (χ4n) is 10.3. The summed E-state index contributed by atoms with van der Waals surface area (Å²) in [5.74, 6) is 1.36. The number of aliphatic imine (C=N–C) groups is 2. The fraction of sp³-hybridized carbons (Fsp3) is 0.0175. The summed E-state index contributed by atoms with van der Waals surface area (Å²) in [6.45, 7) is 0. The van der Waals surface area contributed by atoms with Crippen molar-refractivity contribution in [3.8, 4) is 5.69 Å². The maximum atomic E-state index is 6.95. The summed E-state index contributed by atoms with van der Waals surface area (Å²) in [5.41, 5.74) is 8.90. The van der Waals surface area contributed by atoms with Gasteiger partial charge in [-0.2, -0.15) is 0 Å². The quantitative estimate of drug-likeness (QED) is 0.193. The van der Waals surface area contributed by atoms with Crippen LogP contribution in [-0.4, -0.2) is 20.8 Å². The Hall–Kier alpha value is -8.48. The lowest BCUT2D eigenvalue weighted by molar-refractivity contribution is 0.516. The SMILES string of the molecule is c1ccc2cc3c(cc2c1)c1ccccc1n3-c1cc2c(cc1C1=NC(n3c4ccccc4c4ccccc43)NC(c3cccc4ccccc34)=N1)oc1c3ccccc3ccc21. The summed E-state index contributed by atoms with van der Waals surface area (Å²) in [6, 6.07) is 71.5. The van der Waals surface area contributed by atoms with Gasteiger partial charge in [-0.15, -0.1) is 0 Å². The summed E-state index contributed by atoms with van der Waals surface area (Å²) in [7, 11) is 0. The second-order valence-electron chi connectivity index (χ2n) is 16.6. The maximum absolute atomic E-state index is 6.95. The average molecular weight is 806 g/mol. The normalized spacial score (nSPS) is 14.5. The van der Waals surface area contributed by atoms with Crippen LogP contribution >= 0.6 is 0 Å². The summed E-state index contributed by atoms with van der Waals surface area (Å²) >= 11 is 0. The van der Waals surface area contributed by atoms with Crippen LogP contribution in [0.1, 0.15) is 17.4 Å². The smallest absolute Gasteiger partial charge is 0.204 e. The molecule has 6 nitrogen and oxygen atoms in total. The van der Waals surface area contributed by atoms with Gasteiger partial charge in [0.2, 0.25) is 6.29 Å². The van der Waals surface area contributed by atoms with Crippen LogP contribution in [-0.2, 0) is 0 Å². The Balaban J connectivity index is 1.12. The molecule has 0 fully saturated rings. The van der Waals surface area contributed by atoms with Gasteiger partial charge in [-0.3, -0.25) is 0 Å². The first-order valence-corrected chi connectivity index (χ1v) is 21.4. The fourth-order valence-corrected chi connectivity index (χ4v) is 10.3. The molecule has 63 heavy (non-hydrogen) atoms. The van der Waals surface area contributed by atoms with Crippen molar-refractivity contribution in [2.75, 3.05) is 0 Å². The standard InChI is InChI=1S/C57H35N5O/c1-2-17-37-31-51-45(30-36(37)16-1)42-23-9-10-25-48(42)61(51)52-32-46-43-29-28-35-15-4-6-20-39(35)54(43)63-53(46)33-47(52)56-58-55(44-24-13-18-34-14-3-5-19-38(34)44)59-57(60-56)62-49-26-11-7-21-40(49)41-22-8-12-27-50(41)62/h1-33,57H,(H,58,59,60). The number of aromatic nitrogens is 2. The molecular formula is C57H35N5O. The number of hydrogen-bond acceptors (Lipinski definition) is 4. The van der Waals surface area contributed by atoms with E-state index >= 15 is 0 Å². The van der Waals surface area contributed by atoms with E-state index in [1.54, 1.807) is 0 Å². The number of nitrogens with zero attached hydrogens (tertiary/aromatic N) is 4. The monoisotopic (exact) mass is 805 g/mol. The summed E-state index contributed by atoms with van der Waals surface area (Å²) < 4.78 is 11.7. The van der Waals surface area contributed by atoms with E-state index in [1.165, 1.54) is 32.3 Å². The van der Waals surface area contributed by atoms with Gasteiger partial charge in [0, 0.05) is 48.8 Å². The number of nitrogens with one attached hydrogen (secondary N) is 1. The highest BCUT2D eigenvalue weighted by Crippen LogP contribution is 2.42. The molecule has 4 heterocycles. The zero-order chi connectivity index (χ0) is 41.2. The van der Waals surface area contributed by atoms with Gasteiger partial charge in [0.05, 0.1) is 27.8 Å². The Kier molecular flexibility index (Phi) is 7.07. The zero-order valence-corrected chi connectivity index (χ0v) is 33.8. The zero-order valence-electron chi connectivity index (χ0n) is 33.8. The van der Waals surface area contributed by atoms with Crippen LogP contribution in [0.3, 0.4) is 0 Å². The lowest BCUT2D eigenvalue weighted by Gasteiger charge is -2.27. The first kappa shape index (κ1) is 34.3. The molecule has 6 heteroatoms. The van der Waals surface area contributed by atoms with E-state index in [9.17, 15) is 0 Å². The Bertz CT molecular complexity index is 4090. The molecule has 14 rings (SSSR count). The van der Waals surface area contributed by atoms with Crippen LogP contribution in [0.15, 0.2) is 215 Å². The van der Waals surface area contributed by atoms with Crippen molar-refractivity contribution < 1.29 is 4.42 Å². The molecule has 294 valence electrons. The van der Waals surface area contributed by atoms with E-state index in [1.807, 2.05) is 0 Å². The molecular weight excluding hydrogens is 771 g/mol. The van der Waals surface area contributed by atoms with Gasteiger partial charge in [0.1, 0.15) is 17.0 Å². The topological polar surface area (TPSA) is 59.8 Å². The second kappa shape index (κ2) is 13.0. The molecule has 0 aliphatic carbocycles. The van der Waals surface area contributed by atoms with Gasteiger partial charge in [0.15, 0.2) is 5.84 Å². The number of rotatable bonds is 4. The third kappa shape index (κ3) is 5.00. The van der Waals surface area contributed by atoms with E-state index in [0.717, 1.165) is 88.2 Å². The molecule has 1 atom stereocenters. The van der Waals surface area contributed by atoms with Crippen molar-refractivity contribution in [1.29, 1.82) is 0 Å². The van der Waals surface area contributed by atoms with Gasteiger partial charge in [-0.1, -0.05) is 152 Å². The predicted octanol–water partition coefficient (Wildman–Crippen LogP) is 14.2. The molecule has 0 saturated carbocycles. The second-order valence-corrected chi connectivity index (χ2v) is 16.6. The third-order valence-corrected chi connectivity index (χ3v) is 13.1. The van der Waals surface area contributed by atoms with Crippen molar-refractivity contribution in [3.63, 3.8) is 0 Å². The summed E-state index contributed by atoms with van der Waals surface area (Å²) in [6.07, 6.45) is -0.540. The van der Waals surface area contributed by atoms with Gasteiger partial charge < -0.3 is 18.9 Å². The Morgan fingerprint density at radius 2 is 1.00 bits per heavy atom. The average Bonchev–Trinajstić information content (AvgIpc) is 4.00. The predicted molar refractivity (Wildman–Crippen MR) is 262 cm³/mol. The highest BCUT2D eigenvalue weighted by Gasteiger charge is 2.28. The van der Waals surface area contributed by atoms with Crippen molar-refractivity contribution in [2.24, 2.45) is 9.98 Å². The van der Waals surface area contributed by atoms with Gasteiger partial charge in [0.25, 0.3) is 0 Å². The first-order valence-electron chi connectivity index (χ1n) is 21.4. The van der Waals surface area contributed by atoms with Crippen molar-refractivity contribution >= 4 is 110 Å². The minimum absolute atomic E-state index is 0.540. The maximum Gasteiger partial charge on any atom is 0.204 e. The number of para-hydroxylation sites is 3. The number of furan rings is 1. The largest absolute Gasteiger partial charge is 0.455 e. The van der Waals surface area contributed by atoms with Crippen LogP contribution in [0.4, 0.5) is 0 Å². The van der Waals surface area contributed by atoms with Crippen molar-refractivity contribution in [2.45, 2.75) is 6.29 Å². The Morgan fingerprint density at radius 3 is 1.75 bits per heavy atom. The minimum atomic E-state index is -0.540. The molecule has 0 radical (unpaired) electrons. The number of hydrogen-bond donors (Lipinski definition) is 1. The van der Waals surface area contributed by atoms with Gasteiger partial charge in [-0.25, -0.2) is 9.98 Å². The van der Waals surface area contributed by atoms with Gasteiger partial charge in [-0.05, 0) is 75.5 Å². The highest BCUT2D eigenvalue weighted by atomic mass is 16.3. The van der Waals surface area contributed by atoms with E-state index in [4.69, 9.17) is 14.4 Å². The molecule has 10 aromatic carbocycles. The van der Waals surface area contributed by atoms with E-state index in [-0.39, 0.29) is 0 Å². The van der Waals surface area contributed by atoms with Crippen molar-refractivity contribution in [1.82, 2.24) is 14.5 Å². The Morgan fingerprint density at radius 1 is 0.413 bits per heavy atom. The lowest BCUT2D eigenvalue weighted by atomic mass is 10.0. The van der Waals surface area contributed by atoms with Crippen LogP contribution in [0, 0.1) is 0 Å². The molecule has 0 spiro atoms. The number of fused-ring (bicyclic) bond motifs is 13. The summed E-state index contributed by atoms with van der Waals surface area (Å²) in [5, 5.41) is 17.5. The molecule has 13 aromatic rings. The van der Waals surface area contributed by atoms with Crippen LogP contribution in [0.25, 0.3) is 104 Å². The molecule has 1 N–H and O–H groups in total. The molecule has 0 amide bonds. The van der Waals surface area contributed by atoms with Crippen LogP contribution in [0.2, 0.25) is 0 Å². The first-order chi connectivity index (χ1) is 31.2. The summed E-state index contributed by atoms with van der Waals surface area (Å²) in [4.78, 5) is 11.2. The molecule has 0 bridgehead atoms. The molecule has 1 aliphatic rings. The number of benzene rings is 10. The molecule has 3 aromatic heterocycles.